The highest BCUT2D eigenvalue weighted by Crippen LogP contribution is 2.25. The van der Waals surface area contributed by atoms with Crippen molar-refractivity contribution >= 4 is 40.2 Å². The Morgan fingerprint density at radius 2 is 2.33 bits per heavy atom. The standard InChI is InChI=1S/C11H10ClN3O2S/c1-17-10(16)8-4-3-7(12)5-9(8)15-11(18-2)14-6-13/h3-5H,1-2H3,(H,14,15). The van der Waals surface area contributed by atoms with Crippen LogP contribution in [-0.2, 0) is 4.74 Å². The molecule has 5 nitrogen and oxygen atoms in total. The fraction of sp³-hybridized carbons (Fsp3) is 0.182. The Labute approximate surface area is 114 Å². The van der Waals surface area contributed by atoms with E-state index in [0.717, 1.165) is 0 Å². The van der Waals surface area contributed by atoms with Crippen LogP contribution in [0.2, 0.25) is 5.02 Å². The Morgan fingerprint density at radius 3 is 2.89 bits per heavy atom. The third-order valence-corrected chi connectivity index (χ3v) is 2.76. The third-order valence-electron chi connectivity index (χ3n) is 1.94. The summed E-state index contributed by atoms with van der Waals surface area (Å²) in [6.45, 7) is 0. The minimum atomic E-state index is -0.511. The van der Waals surface area contributed by atoms with Crippen LogP contribution in [-0.4, -0.2) is 24.5 Å². The summed E-state index contributed by atoms with van der Waals surface area (Å²) >= 11 is 7.10. The largest absolute Gasteiger partial charge is 0.465 e. The van der Waals surface area contributed by atoms with Crippen LogP contribution in [0.25, 0.3) is 0 Å². The first kappa shape index (κ1) is 14.4. The topological polar surface area (TPSA) is 74.5 Å². The molecule has 0 aliphatic carbocycles. The van der Waals surface area contributed by atoms with Crippen molar-refractivity contribution in [3.05, 3.63) is 28.8 Å². The fourth-order valence-corrected chi connectivity index (χ4v) is 1.67. The monoisotopic (exact) mass is 283 g/mol. The molecule has 1 aromatic rings. The van der Waals surface area contributed by atoms with E-state index in [9.17, 15) is 4.79 Å². The molecule has 1 aromatic carbocycles. The summed E-state index contributed by atoms with van der Waals surface area (Å²) in [6.07, 6.45) is 3.52. The molecule has 0 spiro atoms. The zero-order valence-electron chi connectivity index (χ0n) is 9.73. The second-order valence-corrected chi connectivity index (χ2v) is 4.24. The zero-order valence-corrected chi connectivity index (χ0v) is 11.3. The lowest BCUT2D eigenvalue weighted by molar-refractivity contribution is 0.0602. The van der Waals surface area contributed by atoms with E-state index < -0.39 is 5.97 Å². The molecule has 1 rings (SSSR count). The number of esters is 1. The Kier molecular flexibility index (Phi) is 5.49. The SMILES string of the molecule is COC(=O)c1ccc(Cl)cc1N=C(NC#N)SC. The van der Waals surface area contributed by atoms with Gasteiger partial charge >= 0.3 is 5.97 Å². The second-order valence-electron chi connectivity index (χ2n) is 3.01. The summed E-state index contributed by atoms with van der Waals surface area (Å²) in [5, 5.41) is 11.8. The van der Waals surface area contributed by atoms with Gasteiger partial charge in [0.05, 0.1) is 18.4 Å². The van der Waals surface area contributed by atoms with Crippen molar-refractivity contribution in [2.45, 2.75) is 0 Å². The molecule has 0 unspecified atom stereocenters. The van der Waals surface area contributed by atoms with Gasteiger partial charge in [0.2, 0.25) is 0 Å². The van der Waals surface area contributed by atoms with Crippen molar-refractivity contribution in [1.82, 2.24) is 5.32 Å². The van der Waals surface area contributed by atoms with Gasteiger partial charge in [-0.05, 0) is 24.5 Å². The van der Waals surface area contributed by atoms with Gasteiger partial charge in [-0.3, -0.25) is 5.32 Å². The number of nitrogens with one attached hydrogen (secondary N) is 1. The Hall–Kier alpha value is -1.71. The molecule has 1 N–H and O–H groups in total. The van der Waals surface area contributed by atoms with Gasteiger partial charge in [-0.1, -0.05) is 23.4 Å². The first-order valence-electron chi connectivity index (χ1n) is 4.78. The number of amidine groups is 1. The summed E-state index contributed by atoms with van der Waals surface area (Å²) in [5.41, 5.74) is 0.634. The molecule has 0 fully saturated rings. The lowest BCUT2D eigenvalue weighted by Gasteiger charge is -2.06. The third kappa shape index (κ3) is 3.65. The predicted octanol–water partition coefficient (Wildman–Crippen LogP) is 2.55. The number of thioether (sulfide) groups is 1. The highest BCUT2D eigenvalue weighted by Gasteiger charge is 2.12. The molecular weight excluding hydrogens is 274 g/mol. The number of nitriles is 1. The van der Waals surface area contributed by atoms with Crippen molar-refractivity contribution < 1.29 is 9.53 Å². The fourth-order valence-electron chi connectivity index (χ4n) is 1.16. The lowest BCUT2D eigenvalue weighted by Crippen LogP contribution is -2.13. The molecule has 0 aliphatic rings. The van der Waals surface area contributed by atoms with Crippen LogP contribution in [0, 0.1) is 11.5 Å². The van der Waals surface area contributed by atoms with Gasteiger partial charge in [0.25, 0.3) is 0 Å². The Bertz CT molecular complexity index is 526. The molecule has 0 bridgehead atoms. The number of benzene rings is 1. The minimum absolute atomic E-state index is 0.285. The van der Waals surface area contributed by atoms with Gasteiger partial charge < -0.3 is 4.74 Å². The van der Waals surface area contributed by atoms with E-state index in [1.807, 2.05) is 0 Å². The Balaban J connectivity index is 3.25. The maximum Gasteiger partial charge on any atom is 0.340 e. The number of rotatable bonds is 2. The Morgan fingerprint density at radius 1 is 1.61 bits per heavy atom. The van der Waals surface area contributed by atoms with E-state index in [1.54, 1.807) is 18.5 Å². The molecule has 0 saturated carbocycles. The number of aliphatic imine (C=N–C) groups is 1. The number of nitrogens with zero attached hydrogens (tertiary/aromatic N) is 2. The van der Waals surface area contributed by atoms with Gasteiger partial charge in [-0.2, -0.15) is 5.26 Å². The molecule has 0 amide bonds. The molecule has 0 saturated heterocycles. The molecule has 0 aromatic heterocycles. The number of hydrogen-bond acceptors (Lipinski definition) is 5. The van der Waals surface area contributed by atoms with Gasteiger partial charge in [0.15, 0.2) is 11.4 Å². The van der Waals surface area contributed by atoms with Crippen LogP contribution < -0.4 is 5.32 Å². The van der Waals surface area contributed by atoms with E-state index in [2.05, 4.69) is 15.0 Å². The van der Waals surface area contributed by atoms with Crippen LogP contribution in [0.4, 0.5) is 5.69 Å². The van der Waals surface area contributed by atoms with Crippen molar-refractivity contribution in [2.75, 3.05) is 13.4 Å². The first-order valence-corrected chi connectivity index (χ1v) is 6.38. The minimum Gasteiger partial charge on any atom is -0.465 e. The van der Waals surface area contributed by atoms with Crippen LogP contribution in [0.5, 0.6) is 0 Å². The number of methoxy groups -OCH3 is 1. The van der Waals surface area contributed by atoms with Gasteiger partial charge in [-0.15, -0.1) is 0 Å². The summed E-state index contributed by atoms with van der Waals surface area (Å²) in [7, 11) is 1.29. The molecule has 0 heterocycles. The predicted molar refractivity (Wildman–Crippen MR) is 72.2 cm³/mol. The smallest absolute Gasteiger partial charge is 0.340 e. The van der Waals surface area contributed by atoms with Crippen LogP contribution in [0.1, 0.15) is 10.4 Å². The zero-order chi connectivity index (χ0) is 13.5. The summed E-state index contributed by atoms with van der Waals surface area (Å²) in [4.78, 5) is 15.7. The summed E-state index contributed by atoms with van der Waals surface area (Å²) in [5.74, 6) is -0.511. The van der Waals surface area contributed by atoms with Gasteiger partial charge in [0, 0.05) is 5.02 Å². The van der Waals surface area contributed by atoms with Gasteiger partial charge in [0.1, 0.15) is 0 Å². The molecular formula is C11H10ClN3O2S. The highest BCUT2D eigenvalue weighted by molar-refractivity contribution is 8.13. The van der Waals surface area contributed by atoms with Gasteiger partial charge in [-0.25, -0.2) is 9.79 Å². The van der Waals surface area contributed by atoms with E-state index in [0.29, 0.717) is 15.9 Å². The van der Waals surface area contributed by atoms with Crippen LogP contribution in [0.3, 0.4) is 0 Å². The average molecular weight is 284 g/mol. The molecule has 0 aliphatic heterocycles. The summed E-state index contributed by atoms with van der Waals surface area (Å²) < 4.78 is 4.65. The van der Waals surface area contributed by atoms with Crippen LogP contribution >= 0.6 is 23.4 Å². The normalized spacial score (nSPS) is 10.7. The van der Waals surface area contributed by atoms with Crippen LogP contribution in [0.15, 0.2) is 23.2 Å². The quantitative estimate of drug-likeness (QED) is 0.297. The van der Waals surface area contributed by atoms with Crippen molar-refractivity contribution in [3.8, 4) is 6.19 Å². The number of carbonyl (C=O) groups excluding carboxylic acids is 1. The molecule has 18 heavy (non-hydrogen) atoms. The number of carbonyl (C=O) groups is 1. The van der Waals surface area contributed by atoms with E-state index in [1.165, 1.54) is 31.0 Å². The molecule has 0 atom stereocenters. The van der Waals surface area contributed by atoms with E-state index in [4.69, 9.17) is 16.9 Å². The summed E-state index contributed by atoms with van der Waals surface area (Å²) in [6, 6.07) is 4.63. The van der Waals surface area contributed by atoms with Crippen molar-refractivity contribution in [2.24, 2.45) is 4.99 Å². The highest BCUT2D eigenvalue weighted by atomic mass is 35.5. The maximum absolute atomic E-state index is 11.5. The molecule has 7 heteroatoms. The number of hydrogen-bond donors (Lipinski definition) is 1. The number of ether oxygens (including phenoxy) is 1. The second kappa shape index (κ2) is 6.89. The van der Waals surface area contributed by atoms with E-state index >= 15 is 0 Å². The lowest BCUT2D eigenvalue weighted by atomic mass is 10.2. The molecule has 0 radical (unpaired) electrons. The first-order chi connectivity index (χ1) is 8.62. The average Bonchev–Trinajstić information content (AvgIpc) is 2.37. The molecule has 94 valence electrons. The van der Waals surface area contributed by atoms with Crippen molar-refractivity contribution in [3.63, 3.8) is 0 Å². The van der Waals surface area contributed by atoms with Crippen molar-refractivity contribution in [1.29, 1.82) is 5.26 Å². The number of halogens is 1. The maximum atomic E-state index is 11.5. The van der Waals surface area contributed by atoms with E-state index in [-0.39, 0.29) is 5.56 Å².